The zero-order valence-electron chi connectivity index (χ0n) is 17.3. The van der Waals surface area contributed by atoms with Gasteiger partial charge in [-0.05, 0) is 30.2 Å². The highest BCUT2D eigenvalue weighted by molar-refractivity contribution is 5.94. The van der Waals surface area contributed by atoms with Crippen LogP contribution in [0.25, 0.3) is 0 Å². The van der Waals surface area contributed by atoms with Crippen molar-refractivity contribution < 1.29 is 14.3 Å². The fourth-order valence-electron chi connectivity index (χ4n) is 4.23. The summed E-state index contributed by atoms with van der Waals surface area (Å²) in [6.45, 7) is 9.19. The summed E-state index contributed by atoms with van der Waals surface area (Å²) in [6, 6.07) is 7.95. The molecule has 0 saturated carbocycles. The van der Waals surface area contributed by atoms with Gasteiger partial charge in [-0.2, -0.15) is 4.98 Å². The smallest absolute Gasteiger partial charge is 0.253 e. The molecule has 30 heavy (non-hydrogen) atoms. The monoisotopic (exact) mass is 409 g/mol. The first kappa shape index (κ1) is 19.3. The Morgan fingerprint density at radius 1 is 0.867 bits per heavy atom. The lowest BCUT2D eigenvalue weighted by Crippen LogP contribution is -2.49. The van der Waals surface area contributed by atoms with Crippen LogP contribution in [0.4, 0.5) is 11.8 Å². The van der Waals surface area contributed by atoms with Crippen LogP contribution in [0.1, 0.15) is 27.2 Å². The van der Waals surface area contributed by atoms with E-state index in [0.29, 0.717) is 26.3 Å². The van der Waals surface area contributed by atoms with E-state index in [9.17, 15) is 4.79 Å². The Kier molecular flexibility index (Phi) is 5.26. The number of anilines is 2. The van der Waals surface area contributed by atoms with E-state index >= 15 is 0 Å². The predicted octanol–water partition coefficient (Wildman–Crippen LogP) is 1.61. The molecule has 4 heterocycles. The van der Waals surface area contributed by atoms with Crippen LogP contribution in [0.15, 0.2) is 24.3 Å². The molecule has 3 aliphatic rings. The Balaban J connectivity index is 1.25. The van der Waals surface area contributed by atoms with Crippen molar-refractivity contribution >= 4 is 17.7 Å². The van der Waals surface area contributed by atoms with Crippen LogP contribution in [0, 0.1) is 6.92 Å². The largest absolute Gasteiger partial charge is 0.378 e. The number of aromatic nitrogens is 2. The third-order valence-electron chi connectivity index (χ3n) is 5.98. The molecule has 0 unspecified atom stereocenters. The molecule has 2 fully saturated rings. The molecule has 1 aromatic carbocycles. The van der Waals surface area contributed by atoms with E-state index in [1.54, 1.807) is 0 Å². The maximum atomic E-state index is 13.0. The minimum atomic E-state index is 0.0866. The lowest BCUT2D eigenvalue weighted by Gasteiger charge is -2.35. The first-order chi connectivity index (χ1) is 14.7. The van der Waals surface area contributed by atoms with Crippen LogP contribution in [-0.4, -0.2) is 73.3 Å². The standard InChI is InChI=1S/C22H27N5O3/c1-16-12-20(25-8-10-29-11-9-25)24-22(23-16)27-6-4-26(5-7-27)21(28)17-2-3-18-14-30-15-19(18)13-17/h2-3,12-13H,4-11,14-15H2,1H3. The zero-order chi connectivity index (χ0) is 20.5. The number of morpholine rings is 1. The SMILES string of the molecule is Cc1cc(N2CCOCC2)nc(N2CCN(C(=O)c3ccc4c(c3)COC4)CC2)n1. The van der Waals surface area contributed by atoms with Crippen molar-refractivity contribution in [3.8, 4) is 0 Å². The summed E-state index contributed by atoms with van der Waals surface area (Å²) in [4.78, 5) is 28.8. The van der Waals surface area contributed by atoms with Crippen LogP contribution in [0.5, 0.6) is 0 Å². The summed E-state index contributed by atoms with van der Waals surface area (Å²) in [5.41, 5.74) is 4.02. The van der Waals surface area contributed by atoms with Gasteiger partial charge in [0.05, 0.1) is 26.4 Å². The molecule has 158 valence electrons. The Morgan fingerprint density at radius 2 is 1.63 bits per heavy atom. The molecule has 0 spiro atoms. The summed E-state index contributed by atoms with van der Waals surface area (Å²) in [5.74, 6) is 1.79. The van der Waals surface area contributed by atoms with Crippen LogP contribution >= 0.6 is 0 Å². The summed E-state index contributed by atoms with van der Waals surface area (Å²) in [5, 5.41) is 0. The van der Waals surface area contributed by atoms with E-state index in [0.717, 1.165) is 68.0 Å². The van der Waals surface area contributed by atoms with Gasteiger partial charge in [0.2, 0.25) is 5.95 Å². The third kappa shape index (κ3) is 3.85. The highest BCUT2D eigenvalue weighted by atomic mass is 16.5. The molecule has 8 heteroatoms. The Hall–Kier alpha value is -2.71. The number of nitrogens with zero attached hydrogens (tertiary/aromatic N) is 5. The van der Waals surface area contributed by atoms with Crippen molar-refractivity contribution in [2.45, 2.75) is 20.1 Å². The number of carbonyl (C=O) groups excluding carboxylic acids is 1. The van der Waals surface area contributed by atoms with Gasteiger partial charge in [-0.3, -0.25) is 4.79 Å². The minimum Gasteiger partial charge on any atom is -0.378 e. The lowest BCUT2D eigenvalue weighted by atomic mass is 10.1. The molecule has 0 N–H and O–H groups in total. The first-order valence-electron chi connectivity index (χ1n) is 10.6. The fraction of sp³-hybridized carbons (Fsp3) is 0.500. The Labute approximate surface area is 176 Å². The summed E-state index contributed by atoms with van der Waals surface area (Å²) < 4.78 is 10.9. The Morgan fingerprint density at radius 3 is 2.43 bits per heavy atom. The second-order valence-corrected chi connectivity index (χ2v) is 8.02. The molecule has 0 aliphatic carbocycles. The molecule has 1 amide bonds. The van der Waals surface area contributed by atoms with Gasteiger partial charge in [-0.25, -0.2) is 4.98 Å². The van der Waals surface area contributed by atoms with Gasteiger partial charge < -0.3 is 24.2 Å². The van der Waals surface area contributed by atoms with Crippen molar-refractivity contribution in [2.75, 3.05) is 62.3 Å². The summed E-state index contributed by atoms with van der Waals surface area (Å²) in [7, 11) is 0. The topological polar surface area (TPSA) is 71.0 Å². The highest BCUT2D eigenvalue weighted by Gasteiger charge is 2.25. The molecule has 0 bridgehead atoms. The van der Waals surface area contributed by atoms with E-state index in [4.69, 9.17) is 14.5 Å². The zero-order valence-corrected chi connectivity index (χ0v) is 17.3. The molecule has 1 aromatic heterocycles. The van der Waals surface area contributed by atoms with Gasteiger partial charge in [0, 0.05) is 56.6 Å². The van der Waals surface area contributed by atoms with Crippen LogP contribution in [-0.2, 0) is 22.7 Å². The quantitative estimate of drug-likeness (QED) is 0.763. The van der Waals surface area contributed by atoms with Crippen molar-refractivity contribution in [1.29, 1.82) is 0 Å². The highest BCUT2D eigenvalue weighted by Crippen LogP contribution is 2.23. The molecular weight excluding hydrogens is 382 g/mol. The summed E-state index contributed by atoms with van der Waals surface area (Å²) in [6.07, 6.45) is 0. The number of fused-ring (bicyclic) bond motifs is 1. The predicted molar refractivity (Wildman–Crippen MR) is 113 cm³/mol. The van der Waals surface area contributed by atoms with E-state index < -0.39 is 0 Å². The maximum Gasteiger partial charge on any atom is 0.253 e. The van der Waals surface area contributed by atoms with Gasteiger partial charge in [-0.15, -0.1) is 0 Å². The molecule has 0 atom stereocenters. The van der Waals surface area contributed by atoms with Gasteiger partial charge in [0.25, 0.3) is 5.91 Å². The van der Waals surface area contributed by atoms with E-state index in [1.165, 1.54) is 5.56 Å². The molecule has 5 rings (SSSR count). The lowest BCUT2D eigenvalue weighted by molar-refractivity contribution is 0.0746. The van der Waals surface area contributed by atoms with Gasteiger partial charge in [0.1, 0.15) is 5.82 Å². The first-order valence-corrected chi connectivity index (χ1v) is 10.6. The number of piperazine rings is 1. The average Bonchev–Trinajstić information content (AvgIpc) is 3.27. The molecule has 2 aromatic rings. The van der Waals surface area contributed by atoms with E-state index in [2.05, 4.69) is 14.8 Å². The second-order valence-electron chi connectivity index (χ2n) is 8.02. The van der Waals surface area contributed by atoms with Crippen molar-refractivity contribution in [3.63, 3.8) is 0 Å². The van der Waals surface area contributed by atoms with Gasteiger partial charge in [0.15, 0.2) is 0 Å². The maximum absolute atomic E-state index is 13.0. The van der Waals surface area contributed by atoms with Crippen molar-refractivity contribution in [2.24, 2.45) is 0 Å². The average molecular weight is 409 g/mol. The molecular formula is C22H27N5O3. The summed E-state index contributed by atoms with van der Waals surface area (Å²) >= 11 is 0. The molecule has 3 aliphatic heterocycles. The van der Waals surface area contributed by atoms with Crippen molar-refractivity contribution in [3.05, 3.63) is 46.6 Å². The van der Waals surface area contributed by atoms with Gasteiger partial charge in [-0.1, -0.05) is 6.07 Å². The number of carbonyl (C=O) groups is 1. The minimum absolute atomic E-state index is 0.0866. The van der Waals surface area contributed by atoms with Crippen molar-refractivity contribution in [1.82, 2.24) is 14.9 Å². The number of rotatable bonds is 3. The van der Waals surface area contributed by atoms with Crippen LogP contribution in [0.2, 0.25) is 0 Å². The second kappa shape index (κ2) is 8.20. The number of amides is 1. The Bertz CT molecular complexity index is 936. The number of ether oxygens (including phenoxy) is 2. The van der Waals surface area contributed by atoms with E-state index in [1.807, 2.05) is 36.1 Å². The van der Waals surface area contributed by atoms with Crippen LogP contribution in [0.3, 0.4) is 0 Å². The number of aryl methyl sites for hydroxylation is 1. The number of hydrogen-bond acceptors (Lipinski definition) is 7. The van der Waals surface area contributed by atoms with Crippen LogP contribution < -0.4 is 9.80 Å². The number of hydrogen-bond donors (Lipinski definition) is 0. The fourth-order valence-corrected chi connectivity index (χ4v) is 4.23. The number of benzene rings is 1. The normalized spacial score (nSPS) is 19.2. The molecule has 8 nitrogen and oxygen atoms in total. The van der Waals surface area contributed by atoms with E-state index in [-0.39, 0.29) is 5.91 Å². The third-order valence-corrected chi connectivity index (χ3v) is 5.98. The van der Waals surface area contributed by atoms with Gasteiger partial charge >= 0.3 is 0 Å². The molecule has 2 saturated heterocycles. The molecule has 0 radical (unpaired) electrons.